The fourth-order valence-corrected chi connectivity index (χ4v) is 21.5. The standard InChI is InChI=1S/C67H44N2O.C57H40N2O/c1-5-19-45(20-6-1)46-33-37-51(38-34-46)68(53-41-42-55-54-27-13-16-30-60(54)67(61(55)43-53,48-21-7-2-8-22-48)49-23-9-3-10-24-49)52-39-35-47(36-40-52)58-44-59-56-28-14-17-31-62(56)69(50-25-11-4-12-26-50)65(59)64-57-29-15-18-32-63(57)70-66(58)64;1-57(2)50-22-12-9-19-44(50)45-34-33-43(35-51(45)57)58(41-29-25-38(26-30-41)37-15-5-3-6-16-37)42-31-27-39(28-32-42)48-36-49-46-20-10-13-23-52(46)59(40-17-7-4-8-18-40)55(49)54-47-21-11-14-24-53(47)60-56(48)54/h1-44H;3-36H,1-2H3. The van der Waals surface area contributed by atoms with Crippen LogP contribution >= 0.6 is 0 Å². The number of benzene rings is 20. The zero-order valence-electron chi connectivity index (χ0n) is 71.6. The predicted octanol–water partition coefficient (Wildman–Crippen LogP) is 33.6. The second kappa shape index (κ2) is 30.5. The van der Waals surface area contributed by atoms with Crippen molar-refractivity contribution in [2.75, 3.05) is 9.80 Å². The molecule has 0 amide bonds. The molecule has 0 saturated heterocycles. The summed E-state index contributed by atoms with van der Waals surface area (Å²) in [4.78, 5) is 4.81. The van der Waals surface area contributed by atoms with Crippen LogP contribution in [0.25, 0.3) is 166 Å². The van der Waals surface area contributed by atoms with E-state index in [1.54, 1.807) is 0 Å². The molecule has 6 heteroatoms. The van der Waals surface area contributed by atoms with E-state index in [0.717, 1.165) is 128 Å². The highest BCUT2D eigenvalue weighted by Crippen LogP contribution is 2.59. The zero-order valence-corrected chi connectivity index (χ0v) is 71.6. The highest BCUT2D eigenvalue weighted by atomic mass is 16.3. The first-order chi connectivity index (χ1) is 64.3. The molecule has 26 rings (SSSR count). The Hall–Kier alpha value is -16.8. The first-order valence-electron chi connectivity index (χ1n) is 44.8. The molecule has 4 heterocycles. The lowest BCUT2D eigenvalue weighted by Crippen LogP contribution is -2.28. The van der Waals surface area contributed by atoms with Crippen LogP contribution in [-0.2, 0) is 10.8 Å². The summed E-state index contributed by atoms with van der Waals surface area (Å²) in [5, 5.41) is 9.28. The Balaban J connectivity index is 0.000000142. The summed E-state index contributed by atoms with van der Waals surface area (Å²) in [6, 6.07) is 172. The van der Waals surface area contributed by atoms with Crippen LogP contribution in [0.4, 0.5) is 34.1 Å². The van der Waals surface area contributed by atoms with Crippen molar-refractivity contribution in [2.24, 2.45) is 0 Å². The van der Waals surface area contributed by atoms with E-state index in [9.17, 15) is 0 Å². The van der Waals surface area contributed by atoms with Gasteiger partial charge in [0.1, 0.15) is 22.3 Å². The molecule has 4 aromatic heterocycles. The Morgan fingerprint density at radius 3 is 0.954 bits per heavy atom. The Labute approximate surface area is 753 Å². The Morgan fingerprint density at radius 2 is 0.523 bits per heavy atom. The van der Waals surface area contributed by atoms with Crippen LogP contribution < -0.4 is 9.80 Å². The van der Waals surface area contributed by atoms with Crippen LogP contribution in [0.1, 0.15) is 47.2 Å². The molecule has 0 unspecified atom stereocenters. The Morgan fingerprint density at radius 1 is 0.215 bits per heavy atom. The highest BCUT2D eigenvalue weighted by Gasteiger charge is 2.47. The van der Waals surface area contributed by atoms with Crippen molar-refractivity contribution in [1.29, 1.82) is 0 Å². The number of nitrogens with zero attached hydrogens (tertiary/aromatic N) is 4. The quantitative estimate of drug-likeness (QED) is 0.109. The van der Waals surface area contributed by atoms with Gasteiger partial charge in [-0.3, -0.25) is 0 Å². The molecule has 0 bridgehead atoms. The van der Waals surface area contributed by atoms with Crippen LogP contribution in [0.2, 0.25) is 0 Å². The molecular formula is C124H84N4O2. The minimum atomic E-state index is -0.530. The number of hydrogen-bond acceptors (Lipinski definition) is 4. The van der Waals surface area contributed by atoms with Crippen molar-refractivity contribution in [3.05, 3.63) is 507 Å². The van der Waals surface area contributed by atoms with E-state index in [4.69, 9.17) is 8.83 Å². The molecule has 2 aliphatic rings. The van der Waals surface area contributed by atoms with Gasteiger partial charge in [-0.25, -0.2) is 0 Å². The molecule has 0 saturated carbocycles. The van der Waals surface area contributed by atoms with Gasteiger partial charge in [0.25, 0.3) is 0 Å². The van der Waals surface area contributed by atoms with E-state index in [1.807, 2.05) is 0 Å². The fourth-order valence-electron chi connectivity index (χ4n) is 21.5. The third kappa shape index (κ3) is 12.0. The largest absolute Gasteiger partial charge is 0.455 e. The first kappa shape index (κ1) is 75.7. The minimum absolute atomic E-state index is 0.116. The number of anilines is 6. The van der Waals surface area contributed by atoms with Gasteiger partial charge in [0, 0.05) is 94.4 Å². The van der Waals surface area contributed by atoms with Gasteiger partial charge in [-0.2, -0.15) is 0 Å². The molecule has 20 aromatic carbocycles. The van der Waals surface area contributed by atoms with Crippen LogP contribution in [-0.4, -0.2) is 9.13 Å². The Bertz CT molecular complexity index is 8470. The van der Waals surface area contributed by atoms with E-state index in [1.165, 1.54) is 105 Å². The monoisotopic (exact) mass is 1660 g/mol. The summed E-state index contributed by atoms with van der Waals surface area (Å²) < 4.78 is 18.6. The third-order valence-electron chi connectivity index (χ3n) is 27.5. The van der Waals surface area contributed by atoms with Crippen LogP contribution in [0.3, 0.4) is 0 Å². The maximum absolute atomic E-state index is 6.93. The van der Waals surface area contributed by atoms with Gasteiger partial charge in [-0.15, -0.1) is 0 Å². The van der Waals surface area contributed by atoms with Crippen molar-refractivity contribution in [3.63, 3.8) is 0 Å². The molecule has 0 N–H and O–H groups in total. The van der Waals surface area contributed by atoms with E-state index >= 15 is 0 Å². The Kier molecular flexibility index (Phi) is 17.8. The predicted molar refractivity (Wildman–Crippen MR) is 542 cm³/mol. The fraction of sp³-hybridized carbons (Fsp3) is 0.0323. The maximum Gasteiger partial charge on any atom is 0.145 e. The molecule has 2 aliphatic carbocycles. The molecule has 0 radical (unpaired) electrons. The van der Waals surface area contributed by atoms with Gasteiger partial charge >= 0.3 is 0 Å². The van der Waals surface area contributed by atoms with E-state index in [0.29, 0.717) is 0 Å². The molecule has 612 valence electrons. The lowest BCUT2D eigenvalue weighted by atomic mass is 9.67. The summed E-state index contributed by atoms with van der Waals surface area (Å²) in [6.45, 7) is 4.70. The average molecular weight is 1660 g/mol. The van der Waals surface area contributed by atoms with Crippen molar-refractivity contribution in [3.8, 4) is 78.1 Å². The number of fused-ring (bicyclic) bond motifs is 20. The van der Waals surface area contributed by atoms with E-state index in [-0.39, 0.29) is 5.41 Å². The SMILES string of the molecule is CC1(C)c2ccccc2-c2ccc(N(c3ccc(-c4ccccc4)cc3)c3ccc(-c4cc5c6ccccc6n(-c6ccccc6)c5c5c4oc4ccccc45)cc3)cc21.c1ccc(-c2ccc(N(c3ccc(-c4cc5c6ccccc6n(-c6ccccc6)c5c5c4oc4ccccc45)cc3)c3ccc4c(c3)C(c3ccccc3)(c3ccccc3)c3ccccc3-4)cc2)cc1. The highest BCUT2D eigenvalue weighted by molar-refractivity contribution is 6.29. The topological polar surface area (TPSA) is 42.6 Å². The van der Waals surface area contributed by atoms with Gasteiger partial charge in [0.2, 0.25) is 0 Å². The van der Waals surface area contributed by atoms with Gasteiger partial charge in [-0.1, -0.05) is 354 Å². The van der Waals surface area contributed by atoms with Crippen molar-refractivity contribution >= 4 is 122 Å². The first-order valence-corrected chi connectivity index (χ1v) is 44.8. The van der Waals surface area contributed by atoms with Crippen LogP contribution in [0, 0.1) is 0 Å². The summed E-state index contributed by atoms with van der Waals surface area (Å²) in [6.07, 6.45) is 0. The van der Waals surface area contributed by atoms with E-state index < -0.39 is 5.41 Å². The summed E-state index contributed by atoms with van der Waals surface area (Å²) in [5.41, 5.74) is 38.3. The lowest BCUT2D eigenvalue weighted by Gasteiger charge is -2.35. The molecule has 0 atom stereocenters. The number of para-hydroxylation sites is 6. The second-order valence-corrected chi connectivity index (χ2v) is 34.9. The molecule has 0 aliphatic heterocycles. The molecule has 24 aromatic rings. The van der Waals surface area contributed by atoms with Crippen molar-refractivity contribution in [2.45, 2.75) is 24.7 Å². The molecule has 0 fully saturated rings. The van der Waals surface area contributed by atoms with Gasteiger partial charge in [0.05, 0.1) is 38.3 Å². The zero-order chi connectivity index (χ0) is 86.1. The van der Waals surface area contributed by atoms with Crippen molar-refractivity contribution in [1.82, 2.24) is 9.13 Å². The van der Waals surface area contributed by atoms with Crippen molar-refractivity contribution < 1.29 is 8.83 Å². The average Bonchev–Trinajstić information content (AvgIpc) is 1.54. The summed E-state index contributed by atoms with van der Waals surface area (Å²) in [7, 11) is 0. The second-order valence-electron chi connectivity index (χ2n) is 34.9. The summed E-state index contributed by atoms with van der Waals surface area (Å²) >= 11 is 0. The smallest absolute Gasteiger partial charge is 0.145 e. The summed E-state index contributed by atoms with van der Waals surface area (Å²) in [5.74, 6) is 0. The maximum atomic E-state index is 6.93. The number of aromatic nitrogens is 2. The number of hydrogen-bond donors (Lipinski definition) is 0. The normalized spacial score (nSPS) is 12.8. The van der Waals surface area contributed by atoms with Gasteiger partial charge in [-0.05, 0) is 222 Å². The molecule has 0 spiro atoms. The molecular weight excluding hydrogens is 1580 g/mol. The molecule has 6 nitrogen and oxygen atoms in total. The van der Waals surface area contributed by atoms with Gasteiger partial charge < -0.3 is 27.8 Å². The van der Waals surface area contributed by atoms with E-state index in [2.05, 4.69) is 506 Å². The van der Waals surface area contributed by atoms with Crippen LogP contribution in [0.5, 0.6) is 0 Å². The minimum Gasteiger partial charge on any atom is -0.455 e. The number of rotatable bonds is 14. The lowest BCUT2D eigenvalue weighted by molar-refractivity contribution is 0.660. The van der Waals surface area contributed by atoms with Gasteiger partial charge in [0.15, 0.2) is 0 Å². The molecule has 130 heavy (non-hydrogen) atoms. The van der Waals surface area contributed by atoms with Crippen LogP contribution in [0.15, 0.2) is 482 Å². The third-order valence-corrected chi connectivity index (χ3v) is 27.5. The number of furan rings is 2.